The minimum absolute atomic E-state index is 0.556. The Morgan fingerprint density at radius 2 is 1.72 bits per heavy atom. The Labute approximate surface area is 116 Å². The zero-order chi connectivity index (χ0) is 13.1. The van der Waals surface area contributed by atoms with Crippen molar-refractivity contribution in [1.82, 2.24) is 0 Å². The fourth-order valence-electron chi connectivity index (χ4n) is 1.76. The van der Waals surface area contributed by atoms with Gasteiger partial charge in [0, 0.05) is 15.7 Å². The maximum atomic E-state index is 8.77. The molecule has 2 N–H and O–H groups in total. The van der Waals surface area contributed by atoms with Crippen LogP contribution in [0, 0.1) is 11.3 Å². The smallest absolute Gasteiger partial charge is 0.0992 e. The monoisotopic (exact) mass is 276 g/mol. The van der Waals surface area contributed by atoms with Crippen LogP contribution in [0.25, 0.3) is 0 Å². The van der Waals surface area contributed by atoms with Gasteiger partial charge in [-0.15, -0.1) is 0 Å². The Morgan fingerprint density at radius 1 is 1.06 bits per heavy atom. The quantitative estimate of drug-likeness (QED) is 0.842. The van der Waals surface area contributed by atoms with Gasteiger partial charge in [-0.2, -0.15) is 5.26 Å². The second kappa shape index (κ2) is 5.30. The predicted molar refractivity (Wildman–Crippen MR) is 74.8 cm³/mol. The van der Waals surface area contributed by atoms with Crippen molar-refractivity contribution >= 4 is 28.9 Å². The molecule has 0 aromatic heterocycles. The van der Waals surface area contributed by atoms with Gasteiger partial charge in [0.1, 0.15) is 0 Å². The van der Waals surface area contributed by atoms with Gasteiger partial charge in [-0.05, 0) is 47.9 Å². The number of nitrogen functional groups attached to an aromatic ring is 1. The van der Waals surface area contributed by atoms with Crippen molar-refractivity contribution in [2.75, 3.05) is 5.73 Å². The van der Waals surface area contributed by atoms with Gasteiger partial charge < -0.3 is 5.73 Å². The SMILES string of the molecule is N#Cc1ccc(Cc2cc(Cl)cc(Cl)c2)c(N)c1. The molecule has 0 atom stereocenters. The van der Waals surface area contributed by atoms with Gasteiger partial charge in [-0.3, -0.25) is 0 Å². The van der Waals surface area contributed by atoms with Crippen LogP contribution in [0.4, 0.5) is 5.69 Å². The Hall–Kier alpha value is -1.69. The maximum absolute atomic E-state index is 8.77. The maximum Gasteiger partial charge on any atom is 0.0992 e. The van der Waals surface area contributed by atoms with Crippen LogP contribution < -0.4 is 5.73 Å². The molecule has 90 valence electrons. The molecule has 0 saturated heterocycles. The second-order valence-electron chi connectivity index (χ2n) is 3.98. The van der Waals surface area contributed by atoms with Crippen LogP contribution in [0.5, 0.6) is 0 Å². The molecule has 2 aromatic rings. The molecule has 2 rings (SSSR count). The van der Waals surface area contributed by atoms with E-state index in [4.69, 9.17) is 34.2 Å². The number of hydrogen-bond acceptors (Lipinski definition) is 2. The van der Waals surface area contributed by atoms with E-state index in [1.807, 2.05) is 18.2 Å². The molecule has 0 unspecified atom stereocenters. The van der Waals surface area contributed by atoms with Gasteiger partial charge in [-0.1, -0.05) is 29.3 Å². The second-order valence-corrected chi connectivity index (χ2v) is 4.85. The highest BCUT2D eigenvalue weighted by atomic mass is 35.5. The van der Waals surface area contributed by atoms with Crippen LogP contribution >= 0.6 is 23.2 Å². The summed E-state index contributed by atoms with van der Waals surface area (Å²) in [6, 6.07) is 12.7. The van der Waals surface area contributed by atoms with E-state index < -0.39 is 0 Å². The molecular weight excluding hydrogens is 267 g/mol. The molecule has 2 nitrogen and oxygen atoms in total. The first-order valence-corrected chi connectivity index (χ1v) is 6.07. The summed E-state index contributed by atoms with van der Waals surface area (Å²) in [7, 11) is 0. The number of anilines is 1. The standard InChI is InChI=1S/C14H10Cl2N2/c15-12-4-10(5-13(16)7-12)3-11-2-1-9(8-17)6-14(11)18/h1-2,4-7H,3,18H2. The Morgan fingerprint density at radius 3 is 2.28 bits per heavy atom. The van der Waals surface area contributed by atoms with Crippen molar-refractivity contribution in [2.24, 2.45) is 0 Å². The highest BCUT2D eigenvalue weighted by molar-refractivity contribution is 6.34. The lowest BCUT2D eigenvalue weighted by Gasteiger charge is -2.07. The highest BCUT2D eigenvalue weighted by Crippen LogP contribution is 2.23. The zero-order valence-corrected chi connectivity index (χ0v) is 11.0. The van der Waals surface area contributed by atoms with E-state index in [0.29, 0.717) is 27.7 Å². The third-order valence-electron chi connectivity index (χ3n) is 2.59. The average molecular weight is 277 g/mol. The summed E-state index contributed by atoms with van der Waals surface area (Å²) in [5.41, 5.74) is 9.00. The van der Waals surface area contributed by atoms with Gasteiger partial charge in [-0.25, -0.2) is 0 Å². The Balaban J connectivity index is 2.31. The normalized spacial score (nSPS) is 10.1. The van der Waals surface area contributed by atoms with Gasteiger partial charge >= 0.3 is 0 Å². The highest BCUT2D eigenvalue weighted by Gasteiger charge is 2.04. The molecule has 0 bridgehead atoms. The number of nitrogens with two attached hydrogens (primary N) is 1. The third-order valence-corrected chi connectivity index (χ3v) is 3.03. The van der Waals surface area contributed by atoms with Gasteiger partial charge in [0.25, 0.3) is 0 Å². The lowest BCUT2D eigenvalue weighted by atomic mass is 10.0. The van der Waals surface area contributed by atoms with Crippen LogP contribution in [0.15, 0.2) is 36.4 Å². The molecule has 0 aliphatic carbocycles. The number of hydrogen-bond donors (Lipinski definition) is 1. The summed E-state index contributed by atoms with van der Waals surface area (Å²) in [4.78, 5) is 0. The topological polar surface area (TPSA) is 49.8 Å². The van der Waals surface area contributed by atoms with Crippen molar-refractivity contribution in [3.05, 3.63) is 63.1 Å². The minimum atomic E-state index is 0.556. The summed E-state index contributed by atoms with van der Waals surface area (Å²) < 4.78 is 0. The van der Waals surface area contributed by atoms with E-state index in [1.165, 1.54) is 0 Å². The first kappa shape index (κ1) is 12.8. The van der Waals surface area contributed by atoms with E-state index >= 15 is 0 Å². The molecule has 2 aromatic carbocycles. The summed E-state index contributed by atoms with van der Waals surface area (Å²) in [6.45, 7) is 0. The molecule has 0 radical (unpaired) electrons. The molecule has 0 heterocycles. The van der Waals surface area contributed by atoms with Crippen LogP contribution in [0.2, 0.25) is 10.0 Å². The zero-order valence-electron chi connectivity index (χ0n) is 9.45. The van der Waals surface area contributed by atoms with Gasteiger partial charge in [0.2, 0.25) is 0 Å². The lowest BCUT2D eigenvalue weighted by molar-refractivity contribution is 1.19. The average Bonchev–Trinajstić information content (AvgIpc) is 2.30. The molecule has 0 amide bonds. The molecule has 0 spiro atoms. The molecule has 18 heavy (non-hydrogen) atoms. The predicted octanol–water partition coefficient (Wildman–Crippen LogP) is 4.04. The van der Waals surface area contributed by atoms with Crippen molar-refractivity contribution in [1.29, 1.82) is 5.26 Å². The van der Waals surface area contributed by atoms with Crippen LogP contribution in [0.3, 0.4) is 0 Å². The van der Waals surface area contributed by atoms with Crippen molar-refractivity contribution in [3.63, 3.8) is 0 Å². The van der Waals surface area contributed by atoms with Crippen molar-refractivity contribution in [2.45, 2.75) is 6.42 Å². The summed E-state index contributed by atoms with van der Waals surface area (Å²) >= 11 is 11.9. The van der Waals surface area contributed by atoms with E-state index in [1.54, 1.807) is 18.2 Å². The molecule has 0 fully saturated rings. The molecule has 4 heteroatoms. The van der Waals surface area contributed by atoms with E-state index in [9.17, 15) is 0 Å². The first-order chi connectivity index (χ1) is 8.58. The van der Waals surface area contributed by atoms with Crippen LogP contribution in [-0.4, -0.2) is 0 Å². The number of nitrogens with zero attached hydrogens (tertiary/aromatic N) is 1. The summed E-state index contributed by atoms with van der Waals surface area (Å²) in [5.74, 6) is 0. The molecular formula is C14H10Cl2N2. The van der Waals surface area contributed by atoms with Crippen molar-refractivity contribution in [3.8, 4) is 6.07 Å². The molecule has 0 aliphatic heterocycles. The van der Waals surface area contributed by atoms with Crippen LogP contribution in [0.1, 0.15) is 16.7 Å². The van der Waals surface area contributed by atoms with Crippen LogP contribution in [-0.2, 0) is 6.42 Å². The van der Waals surface area contributed by atoms with Crippen molar-refractivity contribution < 1.29 is 0 Å². The minimum Gasteiger partial charge on any atom is -0.398 e. The summed E-state index contributed by atoms with van der Waals surface area (Å²) in [5, 5.41) is 9.98. The fraction of sp³-hybridized carbons (Fsp3) is 0.0714. The third kappa shape index (κ3) is 2.95. The number of rotatable bonds is 2. The first-order valence-electron chi connectivity index (χ1n) is 5.32. The van der Waals surface area contributed by atoms with Gasteiger partial charge in [0.15, 0.2) is 0 Å². The van der Waals surface area contributed by atoms with E-state index in [0.717, 1.165) is 11.1 Å². The largest absolute Gasteiger partial charge is 0.398 e. The summed E-state index contributed by atoms with van der Waals surface area (Å²) in [6.07, 6.45) is 0.637. The van der Waals surface area contributed by atoms with Gasteiger partial charge in [0.05, 0.1) is 11.6 Å². The molecule has 0 aliphatic rings. The van der Waals surface area contributed by atoms with E-state index in [-0.39, 0.29) is 0 Å². The number of halogens is 2. The number of nitriles is 1. The fourth-order valence-corrected chi connectivity index (χ4v) is 2.33. The molecule has 0 saturated carbocycles. The number of benzene rings is 2. The lowest BCUT2D eigenvalue weighted by Crippen LogP contribution is -1.96. The van der Waals surface area contributed by atoms with E-state index in [2.05, 4.69) is 6.07 Å². The Bertz CT molecular complexity index is 610. The Kier molecular flexibility index (Phi) is 3.76.